The maximum absolute atomic E-state index is 11.6. The smallest absolute Gasteiger partial charge is 0.405 e. The van der Waals surface area contributed by atoms with Crippen LogP contribution in [0.1, 0.15) is 40.4 Å². The van der Waals surface area contributed by atoms with E-state index in [4.69, 9.17) is 9.15 Å². The Balaban J connectivity index is 1.17. The molecule has 0 saturated carbocycles. The Morgan fingerprint density at radius 1 is 0.927 bits per heavy atom. The van der Waals surface area contributed by atoms with Gasteiger partial charge in [-0.2, -0.15) is 0 Å². The molecule has 1 amide bonds. The van der Waals surface area contributed by atoms with Crippen molar-refractivity contribution in [2.75, 3.05) is 6.54 Å². The third kappa shape index (κ3) is 6.75. The molecule has 5 rings (SSSR count). The molecule has 1 unspecified atom stereocenters. The number of aromatic nitrogens is 1. The lowest BCUT2D eigenvalue weighted by Crippen LogP contribution is -2.27. The second-order valence-corrected chi connectivity index (χ2v) is 9.45. The highest BCUT2D eigenvalue weighted by Gasteiger charge is 2.17. The number of pyridine rings is 1. The van der Waals surface area contributed by atoms with Gasteiger partial charge in [0.1, 0.15) is 29.6 Å². The molecule has 10 nitrogen and oxygen atoms in total. The van der Waals surface area contributed by atoms with E-state index < -0.39 is 18.2 Å². The van der Waals surface area contributed by atoms with Crippen LogP contribution in [0, 0.1) is 0 Å². The van der Waals surface area contributed by atoms with Gasteiger partial charge in [-0.05, 0) is 53.1 Å². The first-order chi connectivity index (χ1) is 19.9. The lowest BCUT2D eigenvalue weighted by molar-refractivity contribution is 0.174. The van der Waals surface area contributed by atoms with Crippen LogP contribution in [0.15, 0.2) is 100 Å². The van der Waals surface area contributed by atoms with E-state index in [0.717, 1.165) is 11.1 Å². The van der Waals surface area contributed by atoms with Crippen molar-refractivity contribution in [2.24, 2.45) is 0 Å². The molecule has 6 N–H and O–H groups in total. The van der Waals surface area contributed by atoms with Crippen LogP contribution in [0.5, 0.6) is 11.5 Å². The van der Waals surface area contributed by atoms with E-state index in [1.165, 1.54) is 12.1 Å². The number of nitrogens with one attached hydrogen (secondary N) is 3. The summed E-state index contributed by atoms with van der Waals surface area (Å²) >= 11 is 0. The van der Waals surface area contributed by atoms with Crippen molar-refractivity contribution in [1.29, 1.82) is 0 Å². The largest absolute Gasteiger partial charge is 0.506 e. The first-order valence-electron chi connectivity index (χ1n) is 13.0. The highest BCUT2D eigenvalue weighted by atomic mass is 16.5. The van der Waals surface area contributed by atoms with E-state index in [-0.39, 0.29) is 30.0 Å². The number of aliphatic hydroxyl groups is 1. The molecular formula is C31H29N3O7. The third-order valence-electron chi connectivity index (χ3n) is 6.59. The highest BCUT2D eigenvalue weighted by Crippen LogP contribution is 2.29. The molecule has 2 aromatic heterocycles. The molecule has 0 spiro atoms. The molecule has 0 aliphatic heterocycles. The van der Waals surface area contributed by atoms with Crippen molar-refractivity contribution >= 4 is 17.0 Å². The fraction of sp³-hybridized carbons (Fsp3) is 0.161. The molecular weight excluding hydrogens is 526 g/mol. The topological polar surface area (TPSA) is 157 Å². The Morgan fingerprint density at radius 3 is 2.51 bits per heavy atom. The molecule has 0 radical (unpaired) electrons. The summed E-state index contributed by atoms with van der Waals surface area (Å²) in [6, 6.07) is 25.6. The van der Waals surface area contributed by atoms with Gasteiger partial charge in [-0.1, -0.05) is 48.5 Å². The number of carbonyl (C=O) groups is 1. The van der Waals surface area contributed by atoms with Crippen LogP contribution in [-0.2, 0) is 13.2 Å². The van der Waals surface area contributed by atoms with Crippen molar-refractivity contribution in [2.45, 2.75) is 25.3 Å². The average molecular weight is 556 g/mol. The number of aliphatic hydroxyl groups excluding tert-OH is 1. The summed E-state index contributed by atoms with van der Waals surface area (Å²) in [5, 5.41) is 36.4. The number of ether oxygens (including phenoxy) is 1. The molecule has 5 aromatic rings. The Bertz CT molecular complexity index is 1700. The number of aromatic amines is 1. The van der Waals surface area contributed by atoms with E-state index in [1.54, 1.807) is 30.3 Å². The number of benzene rings is 3. The SMILES string of the molecule is O=C(O)NC(c1ccccc1)c1cccc(OCc2ccc(CNC[C@@H](O)c3ccc(O)c4[nH]c(=O)ccc34)o2)c1. The Hall–Kier alpha value is -5.06. The summed E-state index contributed by atoms with van der Waals surface area (Å²) in [7, 11) is 0. The highest BCUT2D eigenvalue weighted by molar-refractivity contribution is 5.87. The molecule has 0 aliphatic rings. The lowest BCUT2D eigenvalue weighted by atomic mass is 9.99. The van der Waals surface area contributed by atoms with Crippen LogP contribution < -0.4 is 20.9 Å². The molecule has 0 fully saturated rings. The van der Waals surface area contributed by atoms with Gasteiger partial charge >= 0.3 is 6.09 Å². The summed E-state index contributed by atoms with van der Waals surface area (Å²) in [5.41, 5.74) is 2.07. The second kappa shape index (κ2) is 12.4. The minimum absolute atomic E-state index is 0.0633. The average Bonchev–Trinajstić information content (AvgIpc) is 3.43. The first kappa shape index (κ1) is 27.5. The van der Waals surface area contributed by atoms with Gasteiger partial charge in [-0.25, -0.2) is 4.79 Å². The quantitative estimate of drug-likeness (QED) is 0.138. The van der Waals surface area contributed by atoms with Crippen molar-refractivity contribution in [3.63, 3.8) is 0 Å². The molecule has 0 aliphatic carbocycles. The van der Waals surface area contributed by atoms with Crippen LogP contribution in [0.25, 0.3) is 10.9 Å². The monoisotopic (exact) mass is 555 g/mol. The number of phenols is 1. The van der Waals surface area contributed by atoms with Gasteiger partial charge in [-0.3, -0.25) is 4.79 Å². The van der Waals surface area contributed by atoms with Crippen molar-refractivity contribution in [3.8, 4) is 11.5 Å². The van der Waals surface area contributed by atoms with Crippen LogP contribution in [-0.4, -0.2) is 32.9 Å². The number of phenolic OH excluding ortho intramolecular Hbond substituents is 1. The molecule has 41 heavy (non-hydrogen) atoms. The second-order valence-electron chi connectivity index (χ2n) is 9.45. The number of aromatic hydroxyl groups is 1. The lowest BCUT2D eigenvalue weighted by Gasteiger charge is -2.18. The number of amides is 1. The zero-order valence-corrected chi connectivity index (χ0v) is 21.9. The minimum atomic E-state index is -1.12. The van der Waals surface area contributed by atoms with E-state index in [0.29, 0.717) is 34.8 Å². The Morgan fingerprint density at radius 2 is 1.71 bits per heavy atom. The number of rotatable bonds is 11. The van der Waals surface area contributed by atoms with Gasteiger partial charge in [0.2, 0.25) is 5.56 Å². The number of hydrogen-bond donors (Lipinski definition) is 6. The molecule has 3 aromatic carbocycles. The number of carboxylic acid groups (broad SMARTS) is 1. The predicted octanol–water partition coefficient (Wildman–Crippen LogP) is 4.59. The van der Waals surface area contributed by atoms with Gasteiger partial charge in [0.15, 0.2) is 0 Å². The van der Waals surface area contributed by atoms with E-state index in [2.05, 4.69) is 15.6 Å². The number of H-pyrrole nitrogens is 1. The van der Waals surface area contributed by atoms with Crippen LogP contribution in [0.2, 0.25) is 0 Å². The van der Waals surface area contributed by atoms with Crippen LogP contribution in [0.4, 0.5) is 4.79 Å². The van der Waals surface area contributed by atoms with E-state index in [1.807, 2.05) is 48.5 Å². The predicted molar refractivity (Wildman–Crippen MR) is 152 cm³/mol. The summed E-state index contributed by atoms with van der Waals surface area (Å²) < 4.78 is 11.8. The summed E-state index contributed by atoms with van der Waals surface area (Å²) in [5.74, 6) is 1.76. The van der Waals surface area contributed by atoms with Crippen molar-refractivity contribution in [1.82, 2.24) is 15.6 Å². The van der Waals surface area contributed by atoms with Gasteiger partial charge in [0, 0.05) is 18.0 Å². The molecule has 0 saturated heterocycles. The van der Waals surface area contributed by atoms with Crippen LogP contribution in [0.3, 0.4) is 0 Å². The molecule has 10 heteroatoms. The molecule has 2 atom stereocenters. The van der Waals surface area contributed by atoms with E-state index in [9.17, 15) is 24.9 Å². The van der Waals surface area contributed by atoms with Gasteiger partial charge in [0.05, 0.1) is 24.2 Å². The molecule has 0 bridgehead atoms. The summed E-state index contributed by atoms with van der Waals surface area (Å²) in [6.45, 7) is 0.746. The summed E-state index contributed by atoms with van der Waals surface area (Å²) in [6.07, 6.45) is -2.01. The van der Waals surface area contributed by atoms with E-state index >= 15 is 0 Å². The van der Waals surface area contributed by atoms with Gasteiger partial charge in [-0.15, -0.1) is 0 Å². The molecule has 210 valence electrons. The van der Waals surface area contributed by atoms with Gasteiger partial charge in [0.25, 0.3) is 0 Å². The Kier molecular flexibility index (Phi) is 8.33. The minimum Gasteiger partial charge on any atom is -0.506 e. The van der Waals surface area contributed by atoms with Gasteiger partial charge < -0.3 is 40.1 Å². The zero-order valence-electron chi connectivity index (χ0n) is 21.9. The number of fused-ring (bicyclic) bond motifs is 1. The summed E-state index contributed by atoms with van der Waals surface area (Å²) in [4.78, 5) is 25.6. The van der Waals surface area contributed by atoms with Crippen LogP contribution >= 0.6 is 0 Å². The maximum Gasteiger partial charge on any atom is 0.405 e. The maximum atomic E-state index is 11.6. The molecule has 2 heterocycles. The standard InChI is InChI=1S/C31H29N3O7/c35-26-13-11-24(25-12-14-28(37)33-30(25)26)27(36)17-32-16-22-9-10-23(41-22)18-40-21-8-4-7-20(15-21)29(34-31(38)39)19-5-2-1-3-6-19/h1-15,27,29,32,34-36H,16-18H2,(H,33,37)(H,38,39)/t27-,29?/m1/s1. The van der Waals surface area contributed by atoms with Crippen molar-refractivity contribution < 1.29 is 29.3 Å². The van der Waals surface area contributed by atoms with Crippen molar-refractivity contribution in [3.05, 3.63) is 130 Å². The third-order valence-corrected chi connectivity index (χ3v) is 6.59. The number of hydrogen-bond acceptors (Lipinski definition) is 7. The first-order valence-corrected chi connectivity index (χ1v) is 13.0. The number of furan rings is 1. The Labute approximate surface area is 234 Å². The zero-order chi connectivity index (χ0) is 28.8. The fourth-order valence-electron chi connectivity index (χ4n) is 4.65. The fourth-order valence-corrected chi connectivity index (χ4v) is 4.65. The normalized spacial score (nSPS) is 12.6.